The zero-order chi connectivity index (χ0) is 21.5. The van der Waals surface area contributed by atoms with E-state index in [0.29, 0.717) is 5.75 Å². The molecule has 0 aromatic heterocycles. The standard InChI is InChI=1S/C22H16ClNO6/c23-19-11-10-15(14-20(19)24(27)28)21(25)17-8-4-5-9-18(17)22(26)30-13-12-29-16-6-2-1-3-7-16/h1-11,14H,12-13H2. The van der Waals surface area contributed by atoms with Crippen LogP contribution >= 0.6 is 11.6 Å². The first-order chi connectivity index (χ1) is 14.5. The topological polar surface area (TPSA) is 95.7 Å². The van der Waals surface area contributed by atoms with Gasteiger partial charge in [0.25, 0.3) is 5.69 Å². The van der Waals surface area contributed by atoms with Crippen molar-refractivity contribution in [2.24, 2.45) is 0 Å². The molecule has 0 radical (unpaired) electrons. The van der Waals surface area contributed by atoms with Gasteiger partial charge in [-0.15, -0.1) is 0 Å². The van der Waals surface area contributed by atoms with Gasteiger partial charge in [-0.2, -0.15) is 0 Å². The van der Waals surface area contributed by atoms with Crippen LogP contribution in [0.4, 0.5) is 5.69 Å². The fourth-order valence-corrected chi connectivity index (χ4v) is 2.88. The number of hydrogen-bond acceptors (Lipinski definition) is 6. The summed E-state index contributed by atoms with van der Waals surface area (Å²) in [4.78, 5) is 35.8. The number of hydrogen-bond donors (Lipinski definition) is 0. The van der Waals surface area contributed by atoms with E-state index in [4.69, 9.17) is 21.1 Å². The molecule has 0 amide bonds. The molecule has 0 spiro atoms. The summed E-state index contributed by atoms with van der Waals surface area (Å²) >= 11 is 5.80. The van der Waals surface area contributed by atoms with E-state index in [1.807, 2.05) is 18.2 Å². The molecule has 0 saturated carbocycles. The van der Waals surface area contributed by atoms with Crippen LogP contribution in [0.5, 0.6) is 5.75 Å². The molecule has 0 heterocycles. The van der Waals surface area contributed by atoms with Crippen LogP contribution in [0.15, 0.2) is 72.8 Å². The lowest BCUT2D eigenvalue weighted by molar-refractivity contribution is -0.384. The lowest BCUT2D eigenvalue weighted by Crippen LogP contribution is -2.16. The number of benzene rings is 3. The van der Waals surface area contributed by atoms with E-state index >= 15 is 0 Å². The molecule has 30 heavy (non-hydrogen) atoms. The lowest BCUT2D eigenvalue weighted by Gasteiger charge is -2.10. The second-order valence-corrected chi connectivity index (χ2v) is 6.50. The predicted octanol–water partition coefficient (Wildman–Crippen LogP) is 4.72. The molecule has 0 aliphatic heterocycles. The molecular formula is C22H16ClNO6. The molecule has 0 aliphatic carbocycles. The van der Waals surface area contributed by atoms with Gasteiger partial charge in [0, 0.05) is 17.2 Å². The maximum Gasteiger partial charge on any atom is 0.339 e. The van der Waals surface area contributed by atoms with E-state index in [0.717, 1.165) is 6.07 Å². The Morgan fingerprint density at radius 2 is 1.57 bits per heavy atom. The van der Waals surface area contributed by atoms with Crippen LogP contribution in [0.3, 0.4) is 0 Å². The maximum absolute atomic E-state index is 12.9. The third-order valence-corrected chi connectivity index (χ3v) is 4.44. The molecule has 0 fully saturated rings. The number of carbonyl (C=O) groups excluding carboxylic acids is 2. The predicted molar refractivity (Wildman–Crippen MR) is 110 cm³/mol. The van der Waals surface area contributed by atoms with Gasteiger partial charge in [0.15, 0.2) is 5.78 Å². The number of carbonyl (C=O) groups is 2. The fraction of sp³-hybridized carbons (Fsp3) is 0.0909. The number of halogens is 1. The highest BCUT2D eigenvalue weighted by Gasteiger charge is 2.22. The third-order valence-electron chi connectivity index (χ3n) is 4.13. The maximum atomic E-state index is 12.9. The highest BCUT2D eigenvalue weighted by molar-refractivity contribution is 6.33. The average Bonchev–Trinajstić information content (AvgIpc) is 2.77. The number of ether oxygens (including phenoxy) is 2. The van der Waals surface area contributed by atoms with Crippen molar-refractivity contribution in [3.8, 4) is 5.75 Å². The minimum Gasteiger partial charge on any atom is -0.490 e. The van der Waals surface area contributed by atoms with Crippen molar-refractivity contribution in [3.05, 3.63) is 105 Å². The second-order valence-electron chi connectivity index (χ2n) is 6.10. The molecule has 3 aromatic rings. The molecule has 3 aromatic carbocycles. The Bertz CT molecular complexity index is 1080. The van der Waals surface area contributed by atoms with E-state index in [1.54, 1.807) is 24.3 Å². The summed E-state index contributed by atoms with van der Waals surface area (Å²) < 4.78 is 10.7. The van der Waals surface area contributed by atoms with Crippen LogP contribution in [-0.4, -0.2) is 29.9 Å². The van der Waals surface area contributed by atoms with Gasteiger partial charge in [0.05, 0.1) is 10.5 Å². The third kappa shape index (κ3) is 5.01. The van der Waals surface area contributed by atoms with Crippen molar-refractivity contribution < 1.29 is 24.0 Å². The van der Waals surface area contributed by atoms with Gasteiger partial charge in [0.2, 0.25) is 0 Å². The first-order valence-electron chi connectivity index (χ1n) is 8.90. The molecule has 8 heteroatoms. The smallest absolute Gasteiger partial charge is 0.339 e. The summed E-state index contributed by atoms with van der Waals surface area (Å²) in [7, 11) is 0. The molecule has 0 unspecified atom stereocenters. The van der Waals surface area contributed by atoms with Crippen molar-refractivity contribution in [3.63, 3.8) is 0 Å². The van der Waals surface area contributed by atoms with E-state index in [-0.39, 0.29) is 40.6 Å². The molecule has 3 rings (SSSR count). The minimum atomic E-state index is -0.695. The number of ketones is 1. The molecule has 0 bridgehead atoms. The first-order valence-corrected chi connectivity index (χ1v) is 9.28. The van der Waals surface area contributed by atoms with Gasteiger partial charge in [-0.3, -0.25) is 14.9 Å². The van der Waals surface area contributed by atoms with Crippen LogP contribution in [-0.2, 0) is 4.74 Å². The average molecular weight is 426 g/mol. The Morgan fingerprint density at radius 3 is 2.27 bits per heavy atom. The number of para-hydroxylation sites is 1. The SMILES string of the molecule is O=C(OCCOc1ccccc1)c1ccccc1C(=O)c1ccc(Cl)c([N+](=O)[O-])c1. The highest BCUT2D eigenvalue weighted by atomic mass is 35.5. The molecule has 0 saturated heterocycles. The zero-order valence-corrected chi connectivity index (χ0v) is 16.4. The Balaban J connectivity index is 1.72. The molecular weight excluding hydrogens is 410 g/mol. The highest BCUT2D eigenvalue weighted by Crippen LogP contribution is 2.27. The van der Waals surface area contributed by atoms with Crippen LogP contribution < -0.4 is 4.74 Å². The van der Waals surface area contributed by atoms with Crippen LogP contribution in [0.25, 0.3) is 0 Å². The normalized spacial score (nSPS) is 10.3. The number of rotatable bonds is 8. The van der Waals surface area contributed by atoms with Gasteiger partial charge >= 0.3 is 5.97 Å². The van der Waals surface area contributed by atoms with Crippen LogP contribution in [0, 0.1) is 10.1 Å². The van der Waals surface area contributed by atoms with Crippen molar-refractivity contribution >= 4 is 29.0 Å². The van der Waals surface area contributed by atoms with Gasteiger partial charge in [-0.1, -0.05) is 48.0 Å². The summed E-state index contributed by atoms with van der Waals surface area (Å²) in [5.41, 5.74) is -0.220. The molecule has 0 N–H and O–H groups in total. The van der Waals surface area contributed by atoms with Gasteiger partial charge < -0.3 is 9.47 Å². The zero-order valence-electron chi connectivity index (χ0n) is 15.6. The Labute approximate surface area is 177 Å². The molecule has 0 aliphatic rings. The lowest BCUT2D eigenvalue weighted by atomic mass is 9.98. The Morgan fingerprint density at radius 1 is 0.900 bits per heavy atom. The van der Waals surface area contributed by atoms with Crippen molar-refractivity contribution in [2.75, 3.05) is 13.2 Å². The van der Waals surface area contributed by atoms with Crippen LogP contribution in [0.2, 0.25) is 5.02 Å². The van der Waals surface area contributed by atoms with Crippen molar-refractivity contribution in [1.82, 2.24) is 0 Å². The van der Waals surface area contributed by atoms with E-state index in [9.17, 15) is 19.7 Å². The van der Waals surface area contributed by atoms with Gasteiger partial charge in [-0.05, 0) is 30.3 Å². The monoisotopic (exact) mass is 425 g/mol. The Kier molecular flexibility index (Phi) is 6.77. The largest absolute Gasteiger partial charge is 0.490 e. The summed E-state index contributed by atoms with van der Waals surface area (Å²) in [6.45, 7) is 0.137. The molecule has 0 atom stereocenters. The number of nitro benzene ring substituents is 1. The molecule has 152 valence electrons. The van der Waals surface area contributed by atoms with E-state index in [1.165, 1.54) is 24.3 Å². The fourth-order valence-electron chi connectivity index (χ4n) is 2.70. The van der Waals surface area contributed by atoms with Crippen molar-refractivity contribution in [2.45, 2.75) is 0 Å². The summed E-state index contributed by atoms with van der Waals surface area (Å²) in [5.74, 6) is -0.601. The van der Waals surface area contributed by atoms with Gasteiger partial charge in [0.1, 0.15) is 24.0 Å². The quantitative estimate of drug-likeness (QED) is 0.170. The first kappa shape index (κ1) is 21.0. The number of nitro groups is 1. The summed E-state index contributed by atoms with van der Waals surface area (Å²) in [6, 6.07) is 18.9. The number of nitrogens with zero attached hydrogens (tertiary/aromatic N) is 1. The van der Waals surface area contributed by atoms with Gasteiger partial charge in [-0.25, -0.2) is 4.79 Å². The molecule has 7 nitrogen and oxygen atoms in total. The second kappa shape index (κ2) is 9.67. The van der Waals surface area contributed by atoms with Crippen molar-refractivity contribution in [1.29, 1.82) is 0 Å². The minimum absolute atomic E-state index is 0.0112. The number of esters is 1. The summed E-state index contributed by atoms with van der Waals surface area (Å²) in [5, 5.41) is 11.0. The van der Waals surface area contributed by atoms with E-state index in [2.05, 4.69) is 0 Å². The van der Waals surface area contributed by atoms with Crippen LogP contribution in [0.1, 0.15) is 26.3 Å². The Hall–Kier alpha value is -3.71. The summed E-state index contributed by atoms with van der Waals surface area (Å²) in [6.07, 6.45) is 0. The van der Waals surface area contributed by atoms with E-state index < -0.39 is 16.7 Å².